The maximum Gasteiger partial charge on any atom is 0.200 e. The lowest BCUT2D eigenvalue weighted by Gasteiger charge is -2.49. The van der Waals surface area contributed by atoms with E-state index in [1.54, 1.807) is 0 Å². The third-order valence-corrected chi connectivity index (χ3v) is 11.5. The molecule has 0 N–H and O–H groups in total. The minimum Gasteiger partial charge on any atom is -0.456 e. The van der Waals surface area contributed by atoms with Gasteiger partial charge in [0.05, 0.1) is 21.8 Å². The largest absolute Gasteiger partial charge is 0.456 e. The lowest BCUT2D eigenvalue weighted by atomic mass is 9.54. The van der Waals surface area contributed by atoms with E-state index >= 15 is 0 Å². The molecule has 0 spiro atoms. The van der Waals surface area contributed by atoms with Gasteiger partial charge in [0, 0.05) is 27.3 Å². The first-order chi connectivity index (χ1) is 22.3. The van der Waals surface area contributed by atoms with Gasteiger partial charge in [0.25, 0.3) is 0 Å². The summed E-state index contributed by atoms with van der Waals surface area (Å²) in [4.78, 5) is 13.9. The fourth-order valence-corrected chi connectivity index (χ4v) is 8.97. The van der Waals surface area contributed by atoms with Crippen LogP contribution in [0, 0.1) is 13.8 Å². The molecular weight excluding hydrogens is 562 g/mol. The van der Waals surface area contributed by atoms with Crippen LogP contribution in [0.4, 0.5) is 0 Å². The lowest BCUT2D eigenvalue weighted by molar-refractivity contribution is 0.388. The molecule has 0 saturated carbocycles. The first-order valence-electron chi connectivity index (χ1n) is 17.0. The van der Waals surface area contributed by atoms with Crippen LogP contribution >= 0.6 is 0 Å². The minimum absolute atomic E-state index is 0.0531. The van der Waals surface area contributed by atoms with Crippen molar-refractivity contribution in [3.8, 4) is 5.69 Å². The van der Waals surface area contributed by atoms with Crippen molar-refractivity contribution in [2.45, 2.75) is 78.1 Å². The summed E-state index contributed by atoms with van der Waals surface area (Å²) in [6.07, 6.45) is 3.80. The normalized spacial score (nSPS) is 15.1. The zero-order valence-electron chi connectivity index (χ0n) is 27.8. The van der Waals surface area contributed by atoms with Crippen LogP contribution in [0.1, 0.15) is 86.8 Å². The van der Waals surface area contributed by atoms with Gasteiger partial charge in [-0.25, -0.2) is 0 Å². The molecule has 0 radical (unpaired) electrons. The highest BCUT2D eigenvalue weighted by Crippen LogP contribution is 2.56. The van der Waals surface area contributed by atoms with Crippen LogP contribution in [0.25, 0.3) is 49.4 Å². The molecule has 7 aromatic rings. The first-order valence-corrected chi connectivity index (χ1v) is 17.0. The number of rotatable bonds is 5. The Bertz CT molecular complexity index is 2350. The summed E-state index contributed by atoms with van der Waals surface area (Å²) in [5.74, 6) is 0. The van der Waals surface area contributed by atoms with Crippen LogP contribution < -0.4 is 5.43 Å². The Morgan fingerprint density at radius 1 is 0.543 bits per heavy atom. The van der Waals surface area contributed by atoms with Gasteiger partial charge in [-0.3, -0.25) is 4.79 Å². The van der Waals surface area contributed by atoms with Gasteiger partial charge in [-0.1, -0.05) is 69.2 Å². The van der Waals surface area contributed by atoms with E-state index in [4.69, 9.17) is 4.42 Å². The van der Waals surface area contributed by atoms with E-state index in [9.17, 15) is 4.79 Å². The van der Waals surface area contributed by atoms with Gasteiger partial charge in [-0.2, -0.15) is 0 Å². The second-order valence-electron chi connectivity index (χ2n) is 13.5. The second kappa shape index (κ2) is 10.2. The number of hydrogen-bond donors (Lipinski definition) is 0. The maximum atomic E-state index is 13.9. The van der Waals surface area contributed by atoms with Crippen molar-refractivity contribution in [1.82, 2.24) is 4.57 Å². The zero-order valence-corrected chi connectivity index (χ0v) is 27.8. The Hall–Kier alpha value is -4.63. The molecule has 2 heterocycles. The number of para-hydroxylation sites is 1. The van der Waals surface area contributed by atoms with Gasteiger partial charge in [0.15, 0.2) is 0 Å². The predicted molar refractivity (Wildman–Crippen MR) is 193 cm³/mol. The Labute approximate surface area is 270 Å². The summed E-state index contributed by atoms with van der Waals surface area (Å²) < 4.78 is 8.95. The van der Waals surface area contributed by atoms with E-state index in [2.05, 4.69) is 113 Å². The average Bonchev–Trinajstić information content (AvgIpc) is 3.39. The smallest absolute Gasteiger partial charge is 0.200 e. The van der Waals surface area contributed by atoms with Crippen LogP contribution in [-0.2, 0) is 10.8 Å². The highest BCUT2D eigenvalue weighted by Gasteiger charge is 2.48. The highest BCUT2D eigenvalue weighted by atomic mass is 16.3. The van der Waals surface area contributed by atoms with Crippen molar-refractivity contribution in [2.24, 2.45) is 0 Å². The number of benzene rings is 5. The molecule has 0 amide bonds. The monoisotopic (exact) mass is 603 g/mol. The number of hydrogen-bond acceptors (Lipinski definition) is 2. The Morgan fingerprint density at radius 2 is 1.11 bits per heavy atom. The van der Waals surface area contributed by atoms with Crippen LogP contribution in [0.15, 0.2) is 100 Å². The van der Waals surface area contributed by atoms with Crippen molar-refractivity contribution in [2.75, 3.05) is 0 Å². The molecule has 0 unspecified atom stereocenters. The summed E-state index contributed by atoms with van der Waals surface area (Å²) in [6, 6.07) is 33.0. The summed E-state index contributed by atoms with van der Waals surface area (Å²) in [6.45, 7) is 13.6. The Balaban J connectivity index is 1.47. The van der Waals surface area contributed by atoms with Crippen molar-refractivity contribution in [3.63, 3.8) is 0 Å². The topological polar surface area (TPSA) is 35.1 Å². The molecule has 3 heteroatoms. The summed E-state index contributed by atoms with van der Waals surface area (Å²) in [5, 5.41) is 3.91. The molecule has 0 fully saturated rings. The van der Waals surface area contributed by atoms with Crippen LogP contribution in [0.2, 0.25) is 0 Å². The van der Waals surface area contributed by atoms with Crippen molar-refractivity contribution in [1.29, 1.82) is 0 Å². The van der Waals surface area contributed by atoms with Gasteiger partial charge in [-0.05, 0) is 122 Å². The van der Waals surface area contributed by atoms with Crippen LogP contribution in [0.5, 0.6) is 0 Å². The third-order valence-electron chi connectivity index (χ3n) is 11.5. The number of aryl methyl sites for hydroxylation is 2. The van der Waals surface area contributed by atoms with Crippen molar-refractivity contribution >= 4 is 43.7 Å². The van der Waals surface area contributed by atoms with E-state index < -0.39 is 0 Å². The first kappa shape index (κ1) is 28.8. The molecule has 1 aliphatic carbocycles. The minimum atomic E-state index is -0.223. The molecule has 0 bridgehead atoms. The van der Waals surface area contributed by atoms with E-state index in [0.717, 1.165) is 25.7 Å². The van der Waals surface area contributed by atoms with Crippen LogP contribution in [0.3, 0.4) is 0 Å². The standard InChI is InChI=1S/C43H41NO2/c1-7-42(8-2)33-18-17-28(44-37-19-15-26(5)21-30(37)31-22-27(6)16-20-38(31)44)23-34(33)43(9-3,10-4)36-25-40-32(24-35(36)42)41(45)29-13-11-12-14-39(29)46-40/h11-25H,7-10H2,1-6H3. The van der Waals surface area contributed by atoms with Gasteiger partial charge in [0.1, 0.15) is 11.2 Å². The fraction of sp³-hybridized carbons (Fsp3) is 0.279. The van der Waals surface area contributed by atoms with Gasteiger partial charge >= 0.3 is 0 Å². The summed E-state index contributed by atoms with van der Waals surface area (Å²) in [7, 11) is 0. The number of nitrogens with zero attached hydrogens (tertiary/aromatic N) is 1. The molecule has 0 atom stereocenters. The molecule has 8 rings (SSSR count). The van der Waals surface area contributed by atoms with Crippen molar-refractivity contribution in [3.05, 3.63) is 135 Å². The third kappa shape index (κ3) is 3.69. The molecule has 2 aromatic heterocycles. The fourth-order valence-electron chi connectivity index (χ4n) is 8.97. The van der Waals surface area contributed by atoms with Crippen molar-refractivity contribution < 1.29 is 4.42 Å². The Kier molecular flexibility index (Phi) is 6.38. The molecule has 3 nitrogen and oxygen atoms in total. The molecule has 0 saturated heterocycles. The zero-order chi connectivity index (χ0) is 32.0. The maximum absolute atomic E-state index is 13.9. The quantitative estimate of drug-likeness (QED) is 0.183. The summed E-state index contributed by atoms with van der Waals surface area (Å²) >= 11 is 0. The molecule has 46 heavy (non-hydrogen) atoms. The SMILES string of the molecule is CCC1(CC)c2cc(-n3c4ccc(C)cc4c4cc(C)ccc43)ccc2C(CC)(CC)c2cc3c(=O)c4ccccc4oc3cc21. The molecule has 1 aliphatic rings. The van der Waals surface area contributed by atoms with E-state index in [1.807, 2.05) is 24.3 Å². The Morgan fingerprint density at radius 3 is 1.74 bits per heavy atom. The second-order valence-corrected chi connectivity index (χ2v) is 13.5. The molecule has 5 aromatic carbocycles. The van der Waals surface area contributed by atoms with E-state index in [1.165, 1.54) is 60.9 Å². The number of aromatic nitrogens is 1. The molecule has 230 valence electrons. The van der Waals surface area contributed by atoms with E-state index in [0.29, 0.717) is 21.9 Å². The van der Waals surface area contributed by atoms with Crippen LogP contribution in [-0.4, -0.2) is 4.57 Å². The average molecular weight is 604 g/mol. The molecule has 0 aliphatic heterocycles. The summed E-state index contributed by atoms with van der Waals surface area (Å²) in [5.41, 5.74) is 12.6. The lowest BCUT2D eigenvalue weighted by Crippen LogP contribution is -2.42. The van der Waals surface area contributed by atoms with Gasteiger partial charge < -0.3 is 8.98 Å². The van der Waals surface area contributed by atoms with E-state index in [-0.39, 0.29) is 16.3 Å². The van der Waals surface area contributed by atoms with Gasteiger partial charge in [0.2, 0.25) is 5.43 Å². The predicted octanol–water partition coefficient (Wildman–Crippen LogP) is 11.2. The van der Waals surface area contributed by atoms with Gasteiger partial charge in [-0.15, -0.1) is 0 Å². The number of fused-ring (bicyclic) bond motifs is 7. The molecular formula is C43H41NO2. The highest BCUT2D eigenvalue weighted by molar-refractivity contribution is 6.09.